The second kappa shape index (κ2) is 6.31. The molecule has 0 aliphatic rings. The Kier molecular flexibility index (Phi) is 5.05. The minimum Gasteiger partial charge on any atom is -0.388 e. The molecule has 0 saturated heterocycles. The Balaban J connectivity index is 2.37. The van der Waals surface area contributed by atoms with Crippen molar-refractivity contribution in [2.45, 2.75) is 12.8 Å². The molecule has 0 saturated carbocycles. The van der Waals surface area contributed by atoms with Gasteiger partial charge in [0.15, 0.2) is 0 Å². The lowest BCUT2D eigenvalue weighted by Gasteiger charge is -2.06. The van der Waals surface area contributed by atoms with Crippen molar-refractivity contribution in [3.05, 3.63) is 30.1 Å². The van der Waals surface area contributed by atoms with Crippen LogP contribution in [0.25, 0.3) is 0 Å². The van der Waals surface area contributed by atoms with Crippen molar-refractivity contribution in [2.24, 2.45) is 5.73 Å². The lowest BCUT2D eigenvalue weighted by atomic mass is 10.2. The number of sulfonamides is 1. The van der Waals surface area contributed by atoms with Gasteiger partial charge in [-0.15, -0.1) is 0 Å². The number of nitrogens with one attached hydrogen (secondary N) is 2. The van der Waals surface area contributed by atoms with E-state index in [1.54, 1.807) is 24.5 Å². The molecule has 17 heavy (non-hydrogen) atoms. The van der Waals surface area contributed by atoms with Crippen LogP contribution in [0.1, 0.15) is 12.0 Å². The summed E-state index contributed by atoms with van der Waals surface area (Å²) in [5.74, 6) is -0.00334. The standard InChI is InChI=1S/C10H16N4O2S/c11-10(12)3-7-14-17(15,16)8-4-9-1-5-13-6-2-9/h1-2,5-6,14H,3-4,7-8H2,(H3,11,12). The molecular formula is C10H16N4O2S. The fraction of sp³-hybridized carbons (Fsp3) is 0.400. The molecule has 0 fully saturated rings. The van der Waals surface area contributed by atoms with Crippen molar-refractivity contribution in [1.82, 2.24) is 9.71 Å². The van der Waals surface area contributed by atoms with Crippen LogP contribution in [-0.2, 0) is 16.4 Å². The monoisotopic (exact) mass is 256 g/mol. The van der Waals surface area contributed by atoms with E-state index in [0.717, 1.165) is 5.56 Å². The number of aryl methyl sites for hydroxylation is 1. The average molecular weight is 256 g/mol. The van der Waals surface area contributed by atoms with E-state index in [0.29, 0.717) is 6.42 Å². The Morgan fingerprint density at radius 1 is 1.41 bits per heavy atom. The van der Waals surface area contributed by atoms with Crippen LogP contribution < -0.4 is 10.5 Å². The lowest BCUT2D eigenvalue weighted by molar-refractivity contribution is 0.582. The maximum Gasteiger partial charge on any atom is 0.211 e. The zero-order valence-electron chi connectivity index (χ0n) is 9.39. The van der Waals surface area contributed by atoms with Crippen LogP contribution in [0.4, 0.5) is 0 Å². The Labute approximate surface area is 101 Å². The van der Waals surface area contributed by atoms with Crippen molar-refractivity contribution in [1.29, 1.82) is 5.41 Å². The first-order chi connectivity index (χ1) is 7.99. The molecule has 1 rings (SSSR count). The topological polar surface area (TPSA) is 109 Å². The number of amidine groups is 1. The van der Waals surface area contributed by atoms with Crippen molar-refractivity contribution in [3.8, 4) is 0 Å². The lowest BCUT2D eigenvalue weighted by Crippen LogP contribution is -2.30. The number of rotatable bonds is 7. The predicted molar refractivity (Wildman–Crippen MR) is 66.3 cm³/mol. The molecule has 0 unspecified atom stereocenters. The maximum atomic E-state index is 11.5. The predicted octanol–water partition coefficient (Wildman–Crippen LogP) is -0.130. The third kappa shape index (κ3) is 5.98. The fourth-order valence-electron chi connectivity index (χ4n) is 1.22. The summed E-state index contributed by atoms with van der Waals surface area (Å²) in [6, 6.07) is 3.57. The second-order valence-electron chi connectivity index (χ2n) is 3.59. The number of pyridine rings is 1. The van der Waals surface area contributed by atoms with Gasteiger partial charge >= 0.3 is 0 Å². The van der Waals surface area contributed by atoms with Crippen LogP contribution in [-0.4, -0.2) is 31.5 Å². The van der Waals surface area contributed by atoms with Crippen molar-refractivity contribution in [3.63, 3.8) is 0 Å². The van der Waals surface area contributed by atoms with E-state index in [-0.39, 0.29) is 24.6 Å². The number of nitrogens with two attached hydrogens (primary N) is 1. The SMILES string of the molecule is N=C(N)CCNS(=O)(=O)CCc1ccncc1. The molecule has 6 nitrogen and oxygen atoms in total. The molecule has 0 amide bonds. The first-order valence-corrected chi connectivity index (χ1v) is 6.84. The van der Waals surface area contributed by atoms with Crippen LogP contribution in [0, 0.1) is 5.41 Å². The van der Waals surface area contributed by atoms with Gasteiger partial charge in [0.1, 0.15) is 0 Å². The second-order valence-corrected chi connectivity index (χ2v) is 5.52. The van der Waals surface area contributed by atoms with E-state index in [4.69, 9.17) is 11.1 Å². The molecule has 7 heteroatoms. The molecular weight excluding hydrogens is 240 g/mol. The van der Waals surface area contributed by atoms with Crippen LogP contribution in [0.2, 0.25) is 0 Å². The molecule has 0 bridgehead atoms. The number of aromatic nitrogens is 1. The van der Waals surface area contributed by atoms with Crippen molar-refractivity contribution < 1.29 is 8.42 Å². The molecule has 1 aromatic heterocycles. The van der Waals surface area contributed by atoms with E-state index in [1.807, 2.05) is 0 Å². The van der Waals surface area contributed by atoms with Gasteiger partial charge in [0, 0.05) is 25.4 Å². The number of hydrogen-bond acceptors (Lipinski definition) is 4. The Morgan fingerprint density at radius 3 is 2.65 bits per heavy atom. The Hall–Kier alpha value is -1.47. The smallest absolute Gasteiger partial charge is 0.211 e. The minimum atomic E-state index is -3.30. The molecule has 0 spiro atoms. The minimum absolute atomic E-state index is 0.0227. The van der Waals surface area contributed by atoms with Gasteiger partial charge in [0.25, 0.3) is 0 Å². The highest BCUT2D eigenvalue weighted by atomic mass is 32.2. The first-order valence-electron chi connectivity index (χ1n) is 5.19. The molecule has 4 N–H and O–H groups in total. The van der Waals surface area contributed by atoms with E-state index in [2.05, 4.69) is 9.71 Å². The van der Waals surface area contributed by atoms with Gasteiger partial charge in [-0.1, -0.05) is 0 Å². The van der Waals surface area contributed by atoms with Gasteiger partial charge in [-0.2, -0.15) is 0 Å². The van der Waals surface area contributed by atoms with E-state index >= 15 is 0 Å². The van der Waals surface area contributed by atoms with E-state index < -0.39 is 10.0 Å². The fourth-order valence-corrected chi connectivity index (χ4v) is 2.28. The first kappa shape index (κ1) is 13.6. The number of hydrogen-bond donors (Lipinski definition) is 3. The maximum absolute atomic E-state index is 11.5. The zero-order chi connectivity index (χ0) is 12.7. The molecule has 94 valence electrons. The van der Waals surface area contributed by atoms with Gasteiger partial charge < -0.3 is 5.73 Å². The highest BCUT2D eigenvalue weighted by Gasteiger charge is 2.09. The molecule has 0 aromatic carbocycles. The van der Waals surface area contributed by atoms with E-state index in [9.17, 15) is 8.42 Å². The summed E-state index contributed by atoms with van der Waals surface area (Å²) in [5.41, 5.74) is 6.06. The molecule has 0 aliphatic heterocycles. The molecule has 1 heterocycles. The van der Waals surface area contributed by atoms with Gasteiger partial charge in [0.2, 0.25) is 10.0 Å². The highest BCUT2D eigenvalue weighted by Crippen LogP contribution is 1.99. The molecule has 0 radical (unpaired) electrons. The van der Waals surface area contributed by atoms with Gasteiger partial charge in [-0.05, 0) is 24.1 Å². The number of nitrogens with zero attached hydrogens (tertiary/aromatic N) is 1. The van der Waals surface area contributed by atoms with Gasteiger partial charge in [-0.25, -0.2) is 13.1 Å². The normalized spacial score (nSPS) is 11.3. The van der Waals surface area contributed by atoms with Crippen LogP contribution in [0.15, 0.2) is 24.5 Å². The Bertz CT molecular complexity index is 458. The quantitative estimate of drug-likeness (QED) is 0.466. The highest BCUT2D eigenvalue weighted by molar-refractivity contribution is 7.89. The summed E-state index contributed by atoms with van der Waals surface area (Å²) in [5, 5.41) is 6.97. The van der Waals surface area contributed by atoms with Crippen molar-refractivity contribution in [2.75, 3.05) is 12.3 Å². The van der Waals surface area contributed by atoms with Crippen LogP contribution in [0.3, 0.4) is 0 Å². The van der Waals surface area contributed by atoms with Crippen LogP contribution in [0.5, 0.6) is 0 Å². The summed E-state index contributed by atoms with van der Waals surface area (Å²) in [6.45, 7) is 0.175. The summed E-state index contributed by atoms with van der Waals surface area (Å²) in [4.78, 5) is 3.86. The molecule has 0 atom stereocenters. The largest absolute Gasteiger partial charge is 0.388 e. The third-order valence-electron chi connectivity index (χ3n) is 2.13. The van der Waals surface area contributed by atoms with Crippen molar-refractivity contribution >= 4 is 15.9 Å². The van der Waals surface area contributed by atoms with E-state index in [1.165, 1.54) is 0 Å². The molecule has 1 aromatic rings. The Morgan fingerprint density at radius 2 is 2.06 bits per heavy atom. The summed E-state index contributed by atoms with van der Waals surface area (Å²) >= 11 is 0. The molecule has 0 aliphatic carbocycles. The summed E-state index contributed by atoms with van der Waals surface area (Å²) in [6.07, 6.45) is 3.93. The van der Waals surface area contributed by atoms with Crippen LogP contribution >= 0.6 is 0 Å². The van der Waals surface area contributed by atoms with Gasteiger partial charge in [-0.3, -0.25) is 10.4 Å². The summed E-state index contributed by atoms with van der Waals surface area (Å²) in [7, 11) is -3.30. The van der Waals surface area contributed by atoms with Gasteiger partial charge in [0.05, 0.1) is 11.6 Å². The zero-order valence-corrected chi connectivity index (χ0v) is 10.2. The third-order valence-corrected chi connectivity index (χ3v) is 3.51. The average Bonchev–Trinajstić information content (AvgIpc) is 2.27. The summed E-state index contributed by atoms with van der Waals surface area (Å²) < 4.78 is 25.5.